The van der Waals surface area contributed by atoms with Crippen LogP contribution < -0.4 is 4.74 Å². The summed E-state index contributed by atoms with van der Waals surface area (Å²) in [5, 5.41) is 5.44. The minimum atomic E-state index is -0.0459. The molecule has 1 aliphatic rings. The highest BCUT2D eigenvalue weighted by molar-refractivity contribution is 6.30. The number of rotatable bonds is 8. The summed E-state index contributed by atoms with van der Waals surface area (Å²) in [4.78, 5) is 15.5. The molecule has 0 saturated carbocycles. The van der Waals surface area contributed by atoms with Crippen molar-refractivity contribution in [1.82, 2.24) is 14.7 Å². The van der Waals surface area contributed by atoms with Crippen LogP contribution >= 0.6 is 11.6 Å². The number of aryl methyl sites for hydroxylation is 1. The van der Waals surface area contributed by atoms with Crippen molar-refractivity contribution in [2.75, 3.05) is 13.2 Å². The molecular weight excluding hydrogens is 474 g/mol. The number of carbonyl (C=O) groups is 1. The molecule has 1 saturated heterocycles. The van der Waals surface area contributed by atoms with E-state index in [4.69, 9.17) is 26.2 Å². The van der Waals surface area contributed by atoms with Crippen LogP contribution in [-0.4, -0.2) is 39.8 Å². The highest BCUT2D eigenvalue weighted by Crippen LogP contribution is 2.33. The van der Waals surface area contributed by atoms with E-state index in [1.807, 2.05) is 84.6 Å². The zero-order valence-electron chi connectivity index (χ0n) is 20.1. The van der Waals surface area contributed by atoms with Gasteiger partial charge in [0.25, 0.3) is 5.91 Å². The molecular formula is C29H28ClN3O3. The number of carbonyl (C=O) groups excluding carboxylic acids is 1. The van der Waals surface area contributed by atoms with Gasteiger partial charge in [-0.3, -0.25) is 4.79 Å². The molecule has 7 heteroatoms. The SMILES string of the molecule is Cc1nn(-c2ccccc2)c(Oc2ccc(Cl)cc2)c1CN(C[C@H]1CCCO1)C(=O)c1ccccc1. The van der Waals surface area contributed by atoms with Crippen LogP contribution in [0.3, 0.4) is 0 Å². The van der Waals surface area contributed by atoms with Gasteiger partial charge in [-0.1, -0.05) is 48.0 Å². The smallest absolute Gasteiger partial charge is 0.254 e. The topological polar surface area (TPSA) is 56.6 Å². The van der Waals surface area contributed by atoms with Crippen LogP contribution in [0.15, 0.2) is 84.9 Å². The van der Waals surface area contributed by atoms with Crippen molar-refractivity contribution in [2.24, 2.45) is 0 Å². The number of amides is 1. The molecule has 1 atom stereocenters. The molecule has 1 aromatic heterocycles. The van der Waals surface area contributed by atoms with Gasteiger partial charge >= 0.3 is 0 Å². The molecule has 0 unspecified atom stereocenters. The van der Waals surface area contributed by atoms with E-state index in [1.165, 1.54) is 0 Å². The zero-order chi connectivity index (χ0) is 24.9. The maximum Gasteiger partial charge on any atom is 0.254 e. The maximum absolute atomic E-state index is 13.6. The summed E-state index contributed by atoms with van der Waals surface area (Å²) < 4.78 is 14.1. The lowest BCUT2D eigenvalue weighted by Crippen LogP contribution is -2.37. The van der Waals surface area contributed by atoms with Crippen LogP contribution in [0.2, 0.25) is 5.02 Å². The third kappa shape index (κ3) is 5.45. The minimum Gasteiger partial charge on any atom is -0.439 e. The first kappa shape index (κ1) is 24.1. The molecule has 36 heavy (non-hydrogen) atoms. The number of benzene rings is 3. The molecule has 0 bridgehead atoms. The lowest BCUT2D eigenvalue weighted by Gasteiger charge is -2.26. The number of ether oxygens (including phenoxy) is 2. The standard InChI is InChI=1S/C29H28ClN3O3/c1-21-27(20-32(19-26-13-8-18-35-26)28(34)22-9-4-2-5-10-22)29(36-25-16-14-23(30)15-17-25)33(31-21)24-11-6-3-7-12-24/h2-7,9-12,14-17,26H,8,13,18-20H2,1H3/t26-/m1/s1. The predicted octanol–water partition coefficient (Wildman–Crippen LogP) is 6.45. The zero-order valence-corrected chi connectivity index (χ0v) is 20.9. The number of hydrogen-bond acceptors (Lipinski definition) is 4. The second-order valence-corrected chi connectivity index (χ2v) is 9.30. The number of nitrogens with zero attached hydrogens (tertiary/aromatic N) is 3. The number of aromatic nitrogens is 2. The molecule has 1 fully saturated rings. The Balaban J connectivity index is 1.54. The van der Waals surface area contributed by atoms with E-state index < -0.39 is 0 Å². The molecule has 184 valence electrons. The highest BCUT2D eigenvalue weighted by Gasteiger charge is 2.27. The Hall–Kier alpha value is -3.61. The largest absolute Gasteiger partial charge is 0.439 e. The molecule has 0 spiro atoms. The van der Waals surface area contributed by atoms with Gasteiger partial charge in [0, 0.05) is 23.7 Å². The Bertz CT molecular complexity index is 1300. The Morgan fingerprint density at radius 1 is 1.06 bits per heavy atom. The van der Waals surface area contributed by atoms with E-state index in [-0.39, 0.29) is 12.0 Å². The first-order chi connectivity index (χ1) is 17.6. The van der Waals surface area contributed by atoms with Crippen molar-refractivity contribution in [3.05, 3.63) is 107 Å². The summed E-state index contributed by atoms with van der Waals surface area (Å²) in [7, 11) is 0. The molecule has 1 aliphatic heterocycles. The fourth-order valence-corrected chi connectivity index (χ4v) is 4.52. The highest BCUT2D eigenvalue weighted by atomic mass is 35.5. The molecule has 5 rings (SSSR count). The summed E-state index contributed by atoms with van der Waals surface area (Å²) >= 11 is 6.09. The van der Waals surface area contributed by atoms with Gasteiger partial charge in [-0.15, -0.1) is 0 Å². The first-order valence-corrected chi connectivity index (χ1v) is 12.5. The van der Waals surface area contributed by atoms with Crippen molar-refractivity contribution >= 4 is 17.5 Å². The molecule has 0 aliphatic carbocycles. The van der Waals surface area contributed by atoms with E-state index in [2.05, 4.69) is 0 Å². The van der Waals surface area contributed by atoms with Gasteiger partial charge in [0.2, 0.25) is 5.88 Å². The monoisotopic (exact) mass is 501 g/mol. The van der Waals surface area contributed by atoms with Crippen molar-refractivity contribution in [3.63, 3.8) is 0 Å². The van der Waals surface area contributed by atoms with Crippen LogP contribution in [0.25, 0.3) is 5.69 Å². The van der Waals surface area contributed by atoms with Crippen LogP contribution in [-0.2, 0) is 11.3 Å². The van der Waals surface area contributed by atoms with Crippen molar-refractivity contribution in [1.29, 1.82) is 0 Å². The Labute approximate surface area is 216 Å². The van der Waals surface area contributed by atoms with Gasteiger partial charge in [-0.05, 0) is 68.3 Å². The van der Waals surface area contributed by atoms with E-state index >= 15 is 0 Å². The third-order valence-corrected chi connectivity index (χ3v) is 6.52. The fourth-order valence-electron chi connectivity index (χ4n) is 4.39. The summed E-state index contributed by atoms with van der Waals surface area (Å²) in [5.74, 6) is 1.16. The van der Waals surface area contributed by atoms with Crippen LogP contribution in [0.5, 0.6) is 11.6 Å². The van der Waals surface area contributed by atoms with Crippen LogP contribution in [0.1, 0.15) is 34.5 Å². The van der Waals surface area contributed by atoms with E-state index in [0.717, 1.165) is 36.4 Å². The van der Waals surface area contributed by atoms with Crippen LogP contribution in [0, 0.1) is 6.92 Å². The number of hydrogen-bond donors (Lipinski definition) is 0. The summed E-state index contributed by atoms with van der Waals surface area (Å²) in [5.41, 5.74) is 3.15. The lowest BCUT2D eigenvalue weighted by atomic mass is 10.1. The summed E-state index contributed by atoms with van der Waals surface area (Å²) in [6.07, 6.45) is 1.96. The molecule has 4 aromatic rings. The van der Waals surface area contributed by atoms with Gasteiger partial charge in [-0.25, -0.2) is 4.68 Å². The van der Waals surface area contributed by atoms with Crippen LogP contribution in [0.4, 0.5) is 0 Å². The second-order valence-electron chi connectivity index (χ2n) is 8.86. The molecule has 2 heterocycles. The summed E-state index contributed by atoms with van der Waals surface area (Å²) in [6.45, 7) is 3.52. The van der Waals surface area contributed by atoms with Gasteiger partial charge in [0.1, 0.15) is 5.75 Å². The predicted molar refractivity (Wildman–Crippen MR) is 140 cm³/mol. The molecule has 0 radical (unpaired) electrons. The van der Waals surface area contributed by atoms with E-state index in [9.17, 15) is 4.79 Å². The van der Waals surface area contributed by atoms with Gasteiger partial charge in [-0.2, -0.15) is 5.10 Å². The number of halogens is 1. The third-order valence-electron chi connectivity index (χ3n) is 6.27. The number of para-hydroxylation sites is 1. The fraction of sp³-hybridized carbons (Fsp3) is 0.241. The molecule has 3 aromatic carbocycles. The first-order valence-electron chi connectivity index (χ1n) is 12.1. The molecule has 0 N–H and O–H groups in total. The van der Waals surface area contributed by atoms with Gasteiger partial charge in [0.05, 0.1) is 29.6 Å². The summed E-state index contributed by atoms with van der Waals surface area (Å²) in [6, 6.07) is 26.4. The van der Waals surface area contributed by atoms with E-state index in [1.54, 1.807) is 16.8 Å². The van der Waals surface area contributed by atoms with E-state index in [0.29, 0.717) is 35.3 Å². The Kier molecular flexibility index (Phi) is 7.35. The van der Waals surface area contributed by atoms with Gasteiger partial charge in [0.15, 0.2) is 0 Å². The molecule has 6 nitrogen and oxygen atoms in total. The molecule has 1 amide bonds. The minimum absolute atomic E-state index is 0.0165. The van der Waals surface area contributed by atoms with Crippen molar-refractivity contribution in [2.45, 2.75) is 32.4 Å². The maximum atomic E-state index is 13.6. The Morgan fingerprint density at radius 2 is 1.75 bits per heavy atom. The average molecular weight is 502 g/mol. The average Bonchev–Trinajstić information content (AvgIpc) is 3.54. The normalized spacial score (nSPS) is 15.1. The lowest BCUT2D eigenvalue weighted by molar-refractivity contribution is 0.0505. The van der Waals surface area contributed by atoms with Crippen molar-refractivity contribution in [3.8, 4) is 17.3 Å². The second kappa shape index (κ2) is 11.0. The van der Waals surface area contributed by atoms with Gasteiger partial charge < -0.3 is 14.4 Å². The Morgan fingerprint density at radius 3 is 2.42 bits per heavy atom. The quantitative estimate of drug-likeness (QED) is 0.278. The van der Waals surface area contributed by atoms with Crippen molar-refractivity contribution < 1.29 is 14.3 Å².